The summed E-state index contributed by atoms with van der Waals surface area (Å²) >= 11 is 0. The molecule has 1 aliphatic rings. The van der Waals surface area contributed by atoms with Crippen LogP contribution in [0.15, 0.2) is 18.5 Å². The van der Waals surface area contributed by atoms with Crippen molar-refractivity contribution in [2.24, 2.45) is 0 Å². The lowest BCUT2D eigenvalue weighted by molar-refractivity contribution is 0.0764. The van der Waals surface area contributed by atoms with Crippen LogP contribution < -0.4 is 10.6 Å². The number of morpholine rings is 1. The van der Waals surface area contributed by atoms with Crippen molar-refractivity contribution < 1.29 is 4.74 Å². The van der Waals surface area contributed by atoms with Crippen molar-refractivity contribution in [1.82, 2.24) is 15.6 Å². The molecule has 17 heavy (non-hydrogen) atoms. The second-order valence-electron chi connectivity index (χ2n) is 5.34. The highest BCUT2D eigenvalue weighted by atomic mass is 16.5. The highest BCUT2D eigenvalue weighted by molar-refractivity contribution is 5.20. The van der Waals surface area contributed by atoms with E-state index in [-0.39, 0.29) is 5.41 Å². The third kappa shape index (κ3) is 3.56. The molecule has 1 fully saturated rings. The van der Waals surface area contributed by atoms with E-state index in [9.17, 15) is 0 Å². The van der Waals surface area contributed by atoms with Gasteiger partial charge in [-0.1, -0.05) is 13.8 Å². The quantitative estimate of drug-likeness (QED) is 0.712. The van der Waals surface area contributed by atoms with Gasteiger partial charge in [0, 0.05) is 43.5 Å². The zero-order valence-electron chi connectivity index (χ0n) is 10.8. The van der Waals surface area contributed by atoms with Crippen LogP contribution in [0.25, 0.3) is 0 Å². The Hall–Kier alpha value is -0.840. The summed E-state index contributed by atoms with van der Waals surface area (Å²) in [5.41, 5.74) is 1.51. The van der Waals surface area contributed by atoms with Crippen molar-refractivity contribution in [3.63, 3.8) is 0 Å². The molecule has 1 atom stereocenters. The fraction of sp³-hybridized carbons (Fsp3) is 0.692. The summed E-state index contributed by atoms with van der Waals surface area (Å²) < 4.78 is 5.43. The average molecular weight is 237 g/mol. The van der Waals surface area contributed by atoms with Gasteiger partial charge in [-0.25, -0.2) is 0 Å². The second-order valence-corrected chi connectivity index (χ2v) is 5.34. The number of aromatic nitrogens is 1. The van der Waals surface area contributed by atoms with E-state index in [1.165, 1.54) is 5.56 Å². The van der Waals surface area contributed by atoms with E-state index in [0.29, 0.717) is 6.04 Å². The van der Waals surface area contributed by atoms with Crippen molar-refractivity contribution in [2.75, 3.05) is 32.8 Å². The lowest BCUT2D eigenvalue weighted by Crippen LogP contribution is -2.48. The summed E-state index contributed by atoms with van der Waals surface area (Å²) in [6, 6.07) is 2.59. The summed E-state index contributed by atoms with van der Waals surface area (Å²) in [5.74, 6) is 0. The molecule has 3 N–H and O–H groups in total. The molecule has 1 aromatic rings. The Morgan fingerprint density at radius 1 is 1.53 bits per heavy atom. The van der Waals surface area contributed by atoms with Crippen LogP contribution in [-0.4, -0.2) is 43.9 Å². The molecule has 0 amide bonds. The van der Waals surface area contributed by atoms with Gasteiger partial charge in [-0.2, -0.15) is 0 Å². The monoisotopic (exact) mass is 237 g/mol. The van der Waals surface area contributed by atoms with Crippen LogP contribution in [0.4, 0.5) is 0 Å². The van der Waals surface area contributed by atoms with E-state index in [0.717, 1.165) is 32.8 Å². The molecule has 0 aliphatic carbocycles. The number of rotatable bonds is 5. The third-order valence-electron chi connectivity index (χ3n) is 3.34. The molecular formula is C13H23N3O. The highest BCUT2D eigenvalue weighted by Gasteiger charge is 2.21. The maximum Gasteiger partial charge on any atom is 0.0632 e. The van der Waals surface area contributed by atoms with Crippen LogP contribution in [0.1, 0.15) is 19.4 Å². The van der Waals surface area contributed by atoms with E-state index in [2.05, 4.69) is 41.7 Å². The molecule has 0 bridgehead atoms. The minimum atomic E-state index is 0.162. The average Bonchev–Trinajstić information content (AvgIpc) is 2.84. The van der Waals surface area contributed by atoms with Crippen molar-refractivity contribution in [2.45, 2.75) is 25.3 Å². The predicted molar refractivity (Wildman–Crippen MR) is 69.3 cm³/mol. The number of hydrogen-bond donors (Lipinski definition) is 3. The normalized spacial score (nSPS) is 21.6. The Balaban J connectivity index is 1.74. The lowest BCUT2D eigenvalue weighted by Gasteiger charge is -2.28. The Morgan fingerprint density at radius 2 is 2.41 bits per heavy atom. The number of nitrogens with one attached hydrogen (secondary N) is 3. The van der Waals surface area contributed by atoms with E-state index in [4.69, 9.17) is 4.74 Å². The van der Waals surface area contributed by atoms with E-state index >= 15 is 0 Å². The van der Waals surface area contributed by atoms with Crippen LogP contribution in [0.2, 0.25) is 0 Å². The molecule has 1 aliphatic heterocycles. The molecule has 4 heteroatoms. The molecule has 0 saturated carbocycles. The molecule has 4 nitrogen and oxygen atoms in total. The summed E-state index contributed by atoms with van der Waals surface area (Å²) in [4.78, 5) is 3.12. The first kappa shape index (κ1) is 12.6. The van der Waals surface area contributed by atoms with Gasteiger partial charge in [-0.15, -0.1) is 0 Å². The summed E-state index contributed by atoms with van der Waals surface area (Å²) in [7, 11) is 0. The number of H-pyrrole nitrogens is 1. The largest absolute Gasteiger partial charge is 0.378 e. The number of ether oxygens (including phenoxy) is 1. The van der Waals surface area contributed by atoms with E-state index in [1.54, 1.807) is 0 Å². The van der Waals surface area contributed by atoms with Crippen molar-refractivity contribution in [1.29, 1.82) is 0 Å². The molecule has 0 spiro atoms. The van der Waals surface area contributed by atoms with Crippen molar-refractivity contribution in [3.8, 4) is 0 Å². The molecule has 1 unspecified atom stereocenters. The van der Waals surface area contributed by atoms with Crippen LogP contribution in [0.3, 0.4) is 0 Å². The molecule has 1 saturated heterocycles. The lowest BCUT2D eigenvalue weighted by atomic mass is 9.86. The van der Waals surface area contributed by atoms with Gasteiger partial charge < -0.3 is 20.4 Å². The molecule has 1 aromatic heterocycles. The topological polar surface area (TPSA) is 49.1 Å². The molecular weight excluding hydrogens is 214 g/mol. The van der Waals surface area contributed by atoms with Crippen molar-refractivity contribution >= 4 is 0 Å². The number of hydrogen-bond acceptors (Lipinski definition) is 3. The molecule has 2 heterocycles. The van der Waals surface area contributed by atoms with Crippen LogP contribution in [-0.2, 0) is 10.2 Å². The van der Waals surface area contributed by atoms with Gasteiger partial charge in [0.15, 0.2) is 0 Å². The van der Waals surface area contributed by atoms with Gasteiger partial charge in [0.25, 0.3) is 0 Å². The van der Waals surface area contributed by atoms with Crippen molar-refractivity contribution in [3.05, 3.63) is 24.0 Å². The fourth-order valence-corrected chi connectivity index (χ4v) is 2.16. The highest BCUT2D eigenvalue weighted by Crippen LogP contribution is 2.21. The first-order valence-corrected chi connectivity index (χ1v) is 6.33. The second kappa shape index (κ2) is 5.67. The summed E-state index contributed by atoms with van der Waals surface area (Å²) in [6.45, 7) is 9.08. The van der Waals surface area contributed by atoms with Gasteiger partial charge in [-0.3, -0.25) is 0 Å². The van der Waals surface area contributed by atoms with Gasteiger partial charge in [0.05, 0.1) is 13.2 Å². The minimum absolute atomic E-state index is 0.162. The minimum Gasteiger partial charge on any atom is -0.378 e. The molecule has 2 rings (SSSR count). The first-order valence-electron chi connectivity index (χ1n) is 6.33. The standard InChI is InChI=1S/C13H23N3O/c1-13(2,11-3-4-14-7-11)10-15-8-12-9-17-6-5-16-12/h3-4,7,12,14-16H,5-6,8-10H2,1-2H3. The summed E-state index contributed by atoms with van der Waals surface area (Å²) in [6.07, 6.45) is 4.05. The van der Waals surface area contributed by atoms with Crippen LogP contribution in [0.5, 0.6) is 0 Å². The zero-order valence-corrected chi connectivity index (χ0v) is 10.8. The smallest absolute Gasteiger partial charge is 0.0632 e. The number of aromatic amines is 1. The van der Waals surface area contributed by atoms with Gasteiger partial charge >= 0.3 is 0 Å². The third-order valence-corrected chi connectivity index (χ3v) is 3.34. The maximum absolute atomic E-state index is 5.43. The van der Waals surface area contributed by atoms with E-state index < -0.39 is 0 Å². The molecule has 96 valence electrons. The van der Waals surface area contributed by atoms with Gasteiger partial charge in [0.2, 0.25) is 0 Å². The predicted octanol–water partition coefficient (Wildman–Crippen LogP) is 0.870. The maximum atomic E-state index is 5.43. The summed E-state index contributed by atoms with van der Waals surface area (Å²) in [5, 5.41) is 6.97. The van der Waals surface area contributed by atoms with Gasteiger partial charge in [0.1, 0.15) is 0 Å². The first-order chi connectivity index (χ1) is 8.18. The van der Waals surface area contributed by atoms with E-state index in [1.807, 2.05) is 6.20 Å². The molecule has 0 radical (unpaired) electrons. The SMILES string of the molecule is CC(C)(CNCC1COCCN1)c1cc[nH]c1. The molecule has 0 aromatic carbocycles. The zero-order chi connectivity index (χ0) is 12.1. The Labute approximate surface area is 103 Å². The fourth-order valence-electron chi connectivity index (χ4n) is 2.16. The Morgan fingerprint density at radius 3 is 3.06 bits per heavy atom. The van der Waals surface area contributed by atoms with Gasteiger partial charge in [-0.05, 0) is 11.6 Å². The Kier molecular flexibility index (Phi) is 4.20. The van der Waals surface area contributed by atoms with Crippen LogP contribution in [0, 0.1) is 0 Å². The Bertz CT molecular complexity index is 315. The van der Waals surface area contributed by atoms with Crippen LogP contribution >= 0.6 is 0 Å².